The number of methoxy groups -OCH3 is 1. The quantitative estimate of drug-likeness (QED) is 0.771. The van der Waals surface area contributed by atoms with Crippen molar-refractivity contribution < 1.29 is 14.6 Å². The monoisotopic (exact) mass is 209 g/mol. The minimum atomic E-state index is -0.262. The third kappa shape index (κ3) is 2.95. The number of amides is 1. The van der Waals surface area contributed by atoms with Crippen molar-refractivity contribution in [1.82, 2.24) is 5.32 Å². The largest absolute Gasteiger partial charge is 0.496 e. The van der Waals surface area contributed by atoms with Gasteiger partial charge in [0.2, 0.25) is 0 Å². The molecule has 0 radical (unpaired) electrons. The van der Waals surface area contributed by atoms with Crippen LogP contribution in [0.4, 0.5) is 0 Å². The molecule has 82 valence electrons. The second-order valence-electron chi connectivity index (χ2n) is 3.26. The highest BCUT2D eigenvalue weighted by molar-refractivity contribution is 5.97. The van der Waals surface area contributed by atoms with Gasteiger partial charge in [-0.2, -0.15) is 0 Å². The smallest absolute Gasteiger partial charge is 0.255 e. The third-order valence-electron chi connectivity index (χ3n) is 2.00. The topological polar surface area (TPSA) is 58.6 Å². The Labute approximate surface area is 88.9 Å². The van der Waals surface area contributed by atoms with Gasteiger partial charge in [0.15, 0.2) is 0 Å². The minimum absolute atomic E-state index is 0.0825. The lowest BCUT2D eigenvalue weighted by Crippen LogP contribution is -2.35. The zero-order valence-electron chi connectivity index (χ0n) is 8.86. The van der Waals surface area contributed by atoms with Gasteiger partial charge < -0.3 is 15.2 Å². The summed E-state index contributed by atoms with van der Waals surface area (Å²) in [5, 5.41) is 11.5. The van der Waals surface area contributed by atoms with Crippen molar-refractivity contribution >= 4 is 5.91 Å². The molecule has 0 spiro atoms. The molecule has 0 aromatic heterocycles. The maximum Gasteiger partial charge on any atom is 0.255 e. The van der Waals surface area contributed by atoms with E-state index in [4.69, 9.17) is 9.84 Å². The first-order valence-corrected chi connectivity index (χ1v) is 4.73. The van der Waals surface area contributed by atoms with E-state index in [1.807, 2.05) is 0 Å². The van der Waals surface area contributed by atoms with Gasteiger partial charge in [0.05, 0.1) is 19.3 Å². The first-order chi connectivity index (χ1) is 7.19. The number of aliphatic hydroxyl groups is 1. The molecule has 15 heavy (non-hydrogen) atoms. The fraction of sp³-hybridized carbons (Fsp3) is 0.364. The van der Waals surface area contributed by atoms with Gasteiger partial charge in [-0.1, -0.05) is 12.1 Å². The Morgan fingerprint density at radius 3 is 2.80 bits per heavy atom. The second kappa shape index (κ2) is 5.36. The van der Waals surface area contributed by atoms with Crippen molar-refractivity contribution in [1.29, 1.82) is 0 Å². The number of hydrogen-bond donors (Lipinski definition) is 2. The van der Waals surface area contributed by atoms with Crippen LogP contribution in [0.2, 0.25) is 0 Å². The summed E-state index contributed by atoms with van der Waals surface area (Å²) in [6.07, 6.45) is 0. The van der Waals surface area contributed by atoms with E-state index < -0.39 is 0 Å². The fourth-order valence-corrected chi connectivity index (χ4v) is 1.18. The highest BCUT2D eigenvalue weighted by atomic mass is 16.5. The predicted molar refractivity (Wildman–Crippen MR) is 57.0 cm³/mol. The SMILES string of the molecule is COc1ccccc1C(=O)NC(C)CO. The molecule has 1 aromatic carbocycles. The molecule has 2 N–H and O–H groups in total. The molecule has 0 bridgehead atoms. The molecule has 0 aliphatic heterocycles. The van der Waals surface area contributed by atoms with Crippen LogP contribution in [0.5, 0.6) is 5.75 Å². The van der Waals surface area contributed by atoms with Gasteiger partial charge in [-0.3, -0.25) is 4.79 Å². The van der Waals surface area contributed by atoms with E-state index in [1.165, 1.54) is 7.11 Å². The van der Waals surface area contributed by atoms with Crippen LogP contribution in [-0.4, -0.2) is 30.8 Å². The second-order valence-corrected chi connectivity index (χ2v) is 3.26. The first-order valence-electron chi connectivity index (χ1n) is 4.73. The normalized spacial score (nSPS) is 11.9. The average Bonchev–Trinajstić information content (AvgIpc) is 2.28. The van der Waals surface area contributed by atoms with Gasteiger partial charge >= 0.3 is 0 Å². The molecule has 1 aromatic rings. The van der Waals surface area contributed by atoms with Gasteiger partial charge in [0.1, 0.15) is 5.75 Å². The maximum absolute atomic E-state index is 11.7. The number of carbonyl (C=O) groups excluding carboxylic acids is 1. The van der Waals surface area contributed by atoms with Crippen LogP contribution >= 0.6 is 0 Å². The molecule has 4 nitrogen and oxygen atoms in total. The van der Waals surface area contributed by atoms with E-state index >= 15 is 0 Å². The Morgan fingerprint density at radius 2 is 2.20 bits per heavy atom. The van der Waals surface area contributed by atoms with Gasteiger partial charge in [0, 0.05) is 6.04 Å². The van der Waals surface area contributed by atoms with Crippen LogP contribution in [0, 0.1) is 0 Å². The Balaban J connectivity index is 2.81. The Morgan fingerprint density at radius 1 is 1.53 bits per heavy atom. The lowest BCUT2D eigenvalue weighted by atomic mass is 10.2. The molecule has 0 aliphatic rings. The van der Waals surface area contributed by atoms with Crippen LogP contribution in [0.25, 0.3) is 0 Å². The van der Waals surface area contributed by atoms with Crippen LogP contribution < -0.4 is 10.1 Å². The third-order valence-corrected chi connectivity index (χ3v) is 2.00. The number of benzene rings is 1. The average molecular weight is 209 g/mol. The zero-order valence-corrected chi connectivity index (χ0v) is 8.86. The summed E-state index contributed by atoms with van der Waals surface area (Å²) in [6.45, 7) is 1.65. The number of rotatable bonds is 4. The van der Waals surface area contributed by atoms with E-state index in [-0.39, 0.29) is 18.6 Å². The summed E-state index contributed by atoms with van der Waals surface area (Å²) >= 11 is 0. The van der Waals surface area contributed by atoms with Gasteiger partial charge in [-0.25, -0.2) is 0 Å². The van der Waals surface area contributed by atoms with Gasteiger partial charge in [-0.15, -0.1) is 0 Å². The molecular weight excluding hydrogens is 194 g/mol. The molecule has 0 heterocycles. The predicted octanol–water partition coefficient (Wildman–Crippen LogP) is 0.806. The van der Waals surface area contributed by atoms with Crippen molar-refractivity contribution in [3.8, 4) is 5.75 Å². The lowest BCUT2D eigenvalue weighted by Gasteiger charge is -2.12. The van der Waals surface area contributed by atoms with Crippen LogP contribution in [0.15, 0.2) is 24.3 Å². The van der Waals surface area contributed by atoms with Crippen molar-refractivity contribution in [2.24, 2.45) is 0 Å². The highest BCUT2D eigenvalue weighted by Crippen LogP contribution is 2.16. The summed E-state index contributed by atoms with van der Waals surface area (Å²) in [4.78, 5) is 11.7. The maximum atomic E-state index is 11.7. The Bertz CT molecular complexity index is 338. The molecule has 0 saturated carbocycles. The highest BCUT2D eigenvalue weighted by Gasteiger charge is 2.12. The van der Waals surface area contributed by atoms with Crippen molar-refractivity contribution in [3.05, 3.63) is 29.8 Å². The number of aliphatic hydroxyl groups excluding tert-OH is 1. The zero-order chi connectivity index (χ0) is 11.3. The van der Waals surface area contributed by atoms with E-state index in [9.17, 15) is 4.79 Å². The Hall–Kier alpha value is -1.55. The van der Waals surface area contributed by atoms with Crippen LogP contribution in [0.1, 0.15) is 17.3 Å². The standard InChI is InChI=1S/C11H15NO3/c1-8(7-13)12-11(14)9-5-3-4-6-10(9)15-2/h3-6,8,13H,7H2,1-2H3,(H,12,14). The number of para-hydroxylation sites is 1. The molecule has 1 unspecified atom stereocenters. The van der Waals surface area contributed by atoms with E-state index in [0.717, 1.165) is 0 Å². The molecule has 1 atom stereocenters. The van der Waals surface area contributed by atoms with Crippen molar-refractivity contribution in [2.75, 3.05) is 13.7 Å². The van der Waals surface area contributed by atoms with E-state index in [2.05, 4.69) is 5.32 Å². The van der Waals surface area contributed by atoms with Crippen LogP contribution in [0.3, 0.4) is 0 Å². The van der Waals surface area contributed by atoms with Crippen molar-refractivity contribution in [2.45, 2.75) is 13.0 Å². The lowest BCUT2D eigenvalue weighted by molar-refractivity contribution is 0.0919. The summed E-state index contributed by atoms with van der Waals surface area (Å²) in [7, 11) is 1.52. The molecule has 0 fully saturated rings. The molecule has 0 aliphatic carbocycles. The summed E-state index contributed by atoms with van der Waals surface area (Å²) in [5.74, 6) is 0.286. The van der Waals surface area contributed by atoms with Gasteiger partial charge in [-0.05, 0) is 19.1 Å². The minimum Gasteiger partial charge on any atom is -0.496 e. The number of hydrogen-bond acceptors (Lipinski definition) is 3. The van der Waals surface area contributed by atoms with Crippen molar-refractivity contribution in [3.63, 3.8) is 0 Å². The molecule has 1 amide bonds. The summed E-state index contributed by atoms with van der Waals surface area (Å²) in [6, 6.07) is 6.70. The molecule has 1 rings (SSSR count). The molecule has 0 saturated heterocycles. The van der Waals surface area contributed by atoms with Crippen LogP contribution in [-0.2, 0) is 0 Å². The first kappa shape index (κ1) is 11.5. The number of nitrogens with one attached hydrogen (secondary N) is 1. The van der Waals surface area contributed by atoms with E-state index in [0.29, 0.717) is 11.3 Å². The molecular formula is C11H15NO3. The number of ether oxygens (including phenoxy) is 1. The Kier molecular flexibility index (Phi) is 4.12. The summed E-state index contributed by atoms with van der Waals surface area (Å²) in [5.41, 5.74) is 0.472. The number of carbonyl (C=O) groups is 1. The summed E-state index contributed by atoms with van der Waals surface area (Å²) < 4.78 is 5.06. The molecule has 4 heteroatoms. The fourth-order valence-electron chi connectivity index (χ4n) is 1.18. The van der Waals surface area contributed by atoms with Gasteiger partial charge in [0.25, 0.3) is 5.91 Å². The van der Waals surface area contributed by atoms with E-state index in [1.54, 1.807) is 31.2 Å².